The van der Waals surface area contributed by atoms with E-state index >= 15 is 0 Å². The van der Waals surface area contributed by atoms with Crippen molar-refractivity contribution in [3.8, 4) is 0 Å². The van der Waals surface area contributed by atoms with Crippen LogP contribution in [0.1, 0.15) is 11.8 Å². The average molecular weight is 186 g/mol. The summed E-state index contributed by atoms with van der Waals surface area (Å²) < 4.78 is 3.65. The zero-order valence-electron chi connectivity index (χ0n) is 6.65. The van der Waals surface area contributed by atoms with Crippen LogP contribution in [0, 0.1) is 0 Å². The molecule has 1 heterocycles. The van der Waals surface area contributed by atoms with Gasteiger partial charge in [-0.05, 0) is 18.5 Å². The number of nitrogens with zero attached hydrogens (tertiary/aromatic N) is 2. The van der Waals surface area contributed by atoms with Crippen LogP contribution < -0.4 is 11.1 Å². The van der Waals surface area contributed by atoms with Gasteiger partial charge in [0.25, 0.3) is 0 Å². The quantitative estimate of drug-likeness (QED) is 0.667. The van der Waals surface area contributed by atoms with E-state index in [9.17, 15) is 4.79 Å². The maximum atomic E-state index is 11.0. The van der Waals surface area contributed by atoms with Gasteiger partial charge in [0.2, 0.25) is 5.91 Å². The fourth-order valence-electron chi connectivity index (χ4n) is 0.601. The summed E-state index contributed by atoms with van der Waals surface area (Å²) in [5.74, 6) is -0.164. The van der Waals surface area contributed by atoms with Crippen molar-refractivity contribution in [3.05, 3.63) is 11.1 Å². The van der Waals surface area contributed by atoms with Crippen LogP contribution in [0.4, 0.5) is 0 Å². The monoisotopic (exact) mass is 186 g/mol. The second-order valence-electron chi connectivity index (χ2n) is 2.39. The molecule has 12 heavy (non-hydrogen) atoms. The van der Waals surface area contributed by atoms with Gasteiger partial charge in [-0.2, -0.15) is 0 Å². The number of hydrogen-bond acceptors (Lipinski definition) is 5. The summed E-state index contributed by atoms with van der Waals surface area (Å²) in [7, 11) is 0. The summed E-state index contributed by atoms with van der Waals surface area (Å²) in [6.45, 7) is 2.10. The summed E-state index contributed by atoms with van der Waals surface area (Å²) in [6, 6.07) is -0.467. The van der Waals surface area contributed by atoms with E-state index in [0.717, 1.165) is 4.88 Å². The van der Waals surface area contributed by atoms with Gasteiger partial charge in [-0.1, -0.05) is 4.49 Å². The predicted octanol–water partition coefficient (Wildman–Crippen LogP) is -0.499. The van der Waals surface area contributed by atoms with Gasteiger partial charge in [-0.25, -0.2) is 0 Å². The van der Waals surface area contributed by atoms with Crippen molar-refractivity contribution in [3.63, 3.8) is 0 Å². The number of hydrogen-bond donors (Lipinski definition) is 2. The van der Waals surface area contributed by atoms with E-state index in [-0.39, 0.29) is 5.91 Å². The van der Waals surface area contributed by atoms with Gasteiger partial charge in [0.1, 0.15) is 0 Å². The smallest absolute Gasteiger partial charge is 0.236 e. The SMILES string of the molecule is CC(N)C(=O)NCc1cnns1. The molecular weight excluding hydrogens is 176 g/mol. The van der Waals surface area contributed by atoms with Gasteiger partial charge in [0.05, 0.1) is 23.7 Å². The molecule has 0 radical (unpaired) electrons. The van der Waals surface area contributed by atoms with Crippen molar-refractivity contribution in [1.29, 1.82) is 0 Å². The molecule has 0 aliphatic carbocycles. The summed E-state index contributed by atoms with van der Waals surface area (Å²) in [4.78, 5) is 11.9. The fourth-order valence-corrected chi connectivity index (χ4v) is 1.03. The predicted molar refractivity (Wildman–Crippen MR) is 45.4 cm³/mol. The summed E-state index contributed by atoms with van der Waals surface area (Å²) in [5, 5.41) is 6.28. The molecule has 6 heteroatoms. The molecule has 0 bridgehead atoms. The van der Waals surface area contributed by atoms with Crippen LogP contribution >= 0.6 is 11.5 Å². The van der Waals surface area contributed by atoms with Gasteiger partial charge >= 0.3 is 0 Å². The third-order valence-electron chi connectivity index (χ3n) is 1.26. The van der Waals surface area contributed by atoms with Crippen molar-refractivity contribution < 1.29 is 4.79 Å². The molecule has 1 amide bonds. The number of nitrogens with two attached hydrogens (primary N) is 1. The molecule has 66 valence electrons. The first-order valence-corrected chi connectivity index (χ1v) is 4.27. The molecule has 0 saturated heterocycles. The lowest BCUT2D eigenvalue weighted by atomic mass is 10.3. The molecule has 1 atom stereocenters. The normalized spacial score (nSPS) is 12.5. The van der Waals surface area contributed by atoms with Crippen LogP contribution in [-0.4, -0.2) is 21.5 Å². The van der Waals surface area contributed by atoms with Crippen LogP contribution in [0.2, 0.25) is 0 Å². The molecule has 0 aliphatic rings. The average Bonchev–Trinajstić information content (AvgIpc) is 2.51. The Bertz CT molecular complexity index is 246. The van der Waals surface area contributed by atoms with E-state index in [1.165, 1.54) is 11.5 Å². The van der Waals surface area contributed by atoms with Gasteiger partial charge in [0, 0.05) is 0 Å². The summed E-state index contributed by atoms with van der Waals surface area (Å²) >= 11 is 1.26. The van der Waals surface area contributed by atoms with E-state index in [2.05, 4.69) is 14.9 Å². The molecule has 0 saturated carbocycles. The highest BCUT2D eigenvalue weighted by Crippen LogP contribution is 1.99. The number of nitrogens with one attached hydrogen (secondary N) is 1. The molecular formula is C6H10N4OS. The van der Waals surface area contributed by atoms with Gasteiger partial charge < -0.3 is 11.1 Å². The number of aromatic nitrogens is 2. The van der Waals surface area contributed by atoms with E-state index < -0.39 is 6.04 Å². The van der Waals surface area contributed by atoms with Crippen molar-refractivity contribution in [2.24, 2.45) is 5.73 Å². The fraction of sp³-hybridized carbons (Fsp3) is 0.500. The largest absolute Gasteiger partial charge is 0.350 e. The Kier molecular flexibility index (Phi) is 3.12. The van der Waals surface area contributed by atoms with Crippen LogP contribution in [0.3, 0.4) is 0 Å². The molecule has 3 N–H and O–H groups in total. The molecule has 0 spiro atoms. The standard InChI is InChI=1S/C6H10N4OS/c1-4(7)6(11)8-2-5-3-9-10-12-5/h3-4H,2,7H2,1H3,(H,8,11). The van der Waals surface area contributed by atoms with Crippen LogP contribution in [0.25, 0.3) is 0 Å². The van der Waals surface area contributed by atoms with Gasteiger partial charge in [-0.3, -0.25) is 4.79 Å². The molecule has 0 aliphatic heterocycles. The highest BCUT2D eigenvalue weighted by atomic mass is 32.1. The van der Waals surface area contributed by atoms with Crippen molar-refractivity contribution >= 4 is 17.4 Å². The highest BCUT2D eigenvalue weighted by molar-refractivity contribution is 7.05. The Morgan fingerprint density at radius 2 is 2.67 bits per heavy atom. The minimum Gasteiger partial charge on any atom is -0.350 e. The minimum absolute atomic E-state index is 0.164. The molecule has 1 aromatic rings. The number of carbonyl (C=O) groups excluding carboxylic acids is 1. The maximum Gasteiger partial charge on any atom is 0.236 e. The Morgan fingerprint density at radius 3 is 3.17 bits per heavy atom. The maximum absolute atomic E-state index is 11.0. The topological polar surface area (TPSA) is 80.9 Å². The highest BCUT2D eigenvalue weighted by Gasteiger charge is 2.06. The Balaban J connectivity index is 2.32. The Morgan fingerprint density at radius 1 is 1.92 bits per heavy atom. The van der Waals surface area contributed by atoms with Crippen LogP contribution in [0.5, 0.6) is 0 Å². The molecule has 1 rings (SSSR count). The Labute approximate surface area is 74.1 Å². The lowest BCUT2D eigenvalue weighted by molar-refractivity contribution is -0.122. The minimum atomic E-state index is -0.467. The second kappa shape index (κ2) is 4.13. The van der Waals surface area contributed by atoms with E-state index in [0.29, 0.717) is 6.54 Å². The molecule has 1 unspecified atom stereocenters. The molecule has 0 fully saturated rings. The number of rotatable bonds is 3. The second-order valence-corrected chi connectivity index (χ2v) is 3.26. The lowest BCUT2D eigenvalue weighted by Crippen LogP contribution is -2.37. The third kappa shape index (κ3) is 2.55. The zero-order chi connectivity index (χ0) is 8.97. The molecule has 1 aromatic heterocycles. The summed E-state index contributed by atoms with van der Waals surface area (Å²) in [5.41, 5.74) is 5.34. The first-order valence-electron chi connectivity index (χ1n) is 3.49. The van der Waals surface area contributed by atoms with Crippen molar-refractivity contribution in [2.75, 3.05) is 0 Å². The van der Waals surface area contributed by atoms with E-state index in [4.69, 9.17) is 5.73 Å². The molecule has 5 nitrogen and oxygen atoms in total. The first kappa shape index (κ1) is 9.08. The van der Waals surface area contributed by atoms with Crippen LogP contribution in [0.15, 0.2) is 6.20 Å². The number of amides is 1. The van der Waals surface area contributed by atoms with Gasteiger partial charge in [-0.15, -0.1) is 5.10 Å². The van der Waals surface area contributed by atoms with E-state index in [1.807, 2.05) is 0 Å². The van der Waals surface area contributed by atoms with E-state index in [1.54, 1.807) is 13.1 Å². The summed E-state index contributed by atoms with van der Waals surface area (Å²) in [6.07, 6.45) is 1.62. The number of carbonyl (C=O) groups is 1. The Hall–Kier alpha value is -1.01. The lowest BCUT2D eigenvalue weighted by Gasteiger charge is -2.04. The van der Waals surface area contributed by atoms with Crippen LogP contribution in [-0.2, 0) is 11.3 Å². The third-order valence-corrected chi connectivity index (χ3v) is 1.92. The van der Waals surface area contributed by atoms with Crippen molar-refractivity contribution in [1.82, 2.24) is 14.9 Å². The first-order chi connectivity index (χ1) is 5.70. The zero-order valence-corrected chi connectivity index (χ0v) is 7.47. The van der Waals surface area contributed by atoms with Crippen molar-refractivity contribution in [2.45, 2.75) is 19.5 Å². The molecule has 0 aromatic carbocycles. The van der Waals surface area contributed by atoms with Gasteiger partial charge in [0.15, 0.2) is 0 Å².